The highest BCUT2D eigenvalue weighted by atomic mass is 16.5. The van der Waals surface area contributed by atoms with Crippen LogP contribution >= 0.6 is 0 Å². The summed E-state index contributed by atoms with van der Waals surface area (Å²) in [6.07, 6.45) is 27.2. The number of esters is 1. The minimum Gasteiger partial charge on any atom is -0.494 e. The fourth-order valence-electron chi connectivity index (χ4n) is 7.49. The van der Waals surface area contributed by atoms with Gasteiger partial charge in [-0.3, -0.25) is 0 Å². The standard InChI is InChI=1S/C40H60O3/c1-3-5-7-10-32-13-15-34(16-14-32)12-9-31-42-38-27-29-39(30-28-38)43-40(41)37-25-23-36(24-26-37)22-21-35-19-17-33(18-20-35)11-8-6-4-2/h23-30,32-35H,3-22,31H2,1-2H3. The van der Waals surface area contributed by atoms with E-state index in [1.54, 1.807) is 0 Å². The largest absolute Gasteiger partial charge is 0.494 e. The average Bonchev–Trinajstić information content (AvgIpc) is 3.04. The maximum atomic E-state index is 12.7. The number of carbonyl (C=O) groups is 1. The Kier molecular flexibility index (Phi) is 15.0. The van der Waals surface area contributed by atoms with Crippen molar-refractivity contribution in [2.75, 3.05) is 6.61 Å². The fraction of sp³-hybridized carbons (Fsp3) is 0.675. The lowest BCUT2D eigenvalue weighted by Crippen LogP contribution is -2.15. The molecule has 4 rings (SSSR count). The second-order valence-electron chi connectivity index (χ2n) is 13.9. The summed E-state index contributed by atoms with van der Waals surface area (Å²) in [6, 6.07) is 15.5. The number of aryl methyl sites for hydroxylation is 1. The third kappa shape index (κ3) is 12.3. The molecule has 2 aromatic carbocycles. The molecule has 0 unspecified atom stereocenters. The maximum Gasteiger partial charge on any atom is 0.343 e. The van der Waals surface area contributed by atoms with Gasteiger partial charge in [0.2, 0.25) is 0 Å². The Morgan fingerprint density at radius 2 is 1.05 bits per heavy atom. The third-order valence-electron chi connectivity index (χ3n) is 10.5. The molecule has 0 radical (unpaired) electrons. The lowest BCUT2D eigenvalue weighted by molar-refractivity contribution is 0.0734. The first-order chi connectivity index (χ1) is 21.1. The summed E-state index contributed by atoms with van der Waals surface area (Å²) in [4.78, 5) is 12.7. The van der Waals surface area contributed by atoms with Gasteiger partial charge in [-0.1, -0.05) is 129 Å². The molecule has 0 heterocycles. The first-order valence-corrected chi connectivity index (χ1v) is 18.2. The van der Waals surface area contributed by atoms with Gasteiger partial charge in [0.15, 0.2) is 0 Å². The minimum atomic E-state index is -0.304. The summed E-state index contributed by atoms with van der Waals surface area (Å²) < 4.78 is 11.6. The zero-order valence-electron chi connectivity index (χ0n) is 27.5. The number of ether oxygens (including phenoxy) is 2. The van der Waals surface area contributed by atoms with Crippen molar-refractivity contribution >= 4 is 5.97 Å². The van der Waals surface area contributed by atoms with Gasteiger partial charge in [-0.15, -0.1) is 0 Å². The highest BCUT2D eigenvalue weighted by molar-refractivity contribution is 5.91. The second kappa shape index (κ2) is 19.2. The van der Waals surface area contributed by atoms with Gasteiger partial charge >= 0.3 is 5.97 Å². The molecule has 0 atom stereocenters. The summed E-state index contributed by atoms with van der Waals surface area (Å²) in [5.74, 6) is 4.80. The SMILES string of the molecule is CCCCCC1CCC(CCCOc2ccc(OC(=O)c3ccc(CCC4CCC(CCCCC)CC4)cc3)cc2)CC1. The predicted octanol–water partition coefficient (Wildman–Crippen LogP) is 11.8. The van der Waals surface area contributed by atoms with Crippen LogP contribution in [0.15, 0.2) is 48.5 Å². The van der Waals surface area contributed by atoms with E-state index >= 15 is 0 Å². The molecule has 238 valence electrons. The highest BCUT2D eigenvalue weighted by Crippen LogP contribution is 2.35. The van der Waals surface area contributed by atoms with E-state index in [9.17, 15) is 4.79 Å². The van der Waals surface area contributed by atoms with Crippen molar-refractivity contribution in [2.45, 2.75) is 142 Å². The van der Waals surface area contributed by atoms with Crippen LogP contribution in [-0.2, 0) is 6.42 Å². The van der Waals surface area contributed by atoms with Crippen LogP contribution in [0.1, 0.15) is 152 Å². The van der Waals surface area contributed by atoms with Gasteiger partial charge in [-0.2, -0.15) is 0 Å². The Labute approximate surface area is 263 Å². The van der Waals surface area contributed by atoms with Crippen LogP contribution in [0.4, 0.5) is 0 Å². The number of rotatable bonds is 18. The molecule has 0 saturated heterocycles. The zero-order valence-corrected chi connectivity index (χ0v) is 27.5. The van der Waals surface area contributed by atoms with Crippen molar-refractivity contribution < 1.29 is 14.3 Å². The van der Waals surface area contributed by atoms with Crippen LogP contribution in [0.25, 0.3) is 0 Å². The Balaban J connectivity index is 1.08. The summed E-state index contributed by atoms with van der Waals surface area (Å²) in [7, 11) is 0. The highest BCUT2D eigenvalue weighted by Gasteiger charge is 2.22. The van der Waals surface area contributed by atoms with Gasteiger partial charge in [0.25, 0.3) is 0 Å². The number of hydrogen-bond acceptors (Lipinski definition) is 3. The fourth-order valence-corrected chi connectivity index (χ4v) is 7.49. The molecule has 2 aliphatic carbocycles. The average molecular weight is 589 g/mol. The minimum absolute atomic E-state index is 0.304. The monoisotopic (exact) mass is 588 g/mol. The van der Waals surface area contributed by atoms with E-state index < -0.39 is 0 Å². The van der Waals surface area contributed by atoms with Crippen molar-refractivity contribution in [2.24, 2.45) is 23.7 Å². The van der Waals surface area contributed by atoms with Gasteiger partial charge in [-0.25, -0.2) is 4.79 Å². The molecule has 3 nitrogen and oxygen atoms in total. The molecule has 0 amide bonds. The molecule has 3 heteroatoms. The molecule has 2 aromatic rings. The van der Waals surface area contributed by atoms with Gasteiger partial charge in [0, 0.05) is 0 Å². The van der Waals surface area contributed by atoms with E-state index in [1.807, 2.05) is 36.4 Å². The zero-order chi connectivity index (χ0) is 30.1. The molecule has 0 aliphatic heterocycles. The third-order valence-corrected chi connectivity index (χ3v) is 10.5. The maximum absolute atomic E-state index is 12.7. The van der Waals surface area contributed by atoms with Gasteiger partial charge in [-0.05, 0) is 91.3 Å². The lowest BCUT2D eigenvalue weighted by Gasteiger charge is -2.28. The lowest BCUT2D eigenvalue weighted by atomic mass is 9.78. The van der Waals surface area contributed by atoms with Crippen molar-refractivity contribution in [3.05, 3.63) is 59.7 Å². The Bertz CT molecular complexity index is 1010. The van der Waals surface area contributed by atoms with Crippen LogP contribution in [0.3, 0.4) is 0 Å². The topological polar surface area (TPSA) is 35.5 Å². The Morgan fingerprint density at radius 3 is 1.56 bits per heavy atom. The van der Waals surface area contributed by atoms with E-state index in [0.717, 1.165) is 48.9 Å². The van der Waals surface area contributed by atoms with Crippen LogP contribution in [0, 0.1) is 23.7 Å². The van der Waals surface area contributed by atoms with E-state index in [2.05, 4.69) is 26.0 Å². The number of hydrogen-bond donors (Lipinski definition) is 0. The summed E-state index contributed by atoms with van der Waals surface area (Å²) in [5.41, 5.74) is 1.92. The van der Waals surface area contributed by atoms with Crippen LogP contribution in [-0.4, -0.2) is 12.6 Å². The molecular weight excluding hydrogens is 528 g/mol. The molecule has 2 fully saturated rings. The van der Waals surface area contributed by atoms with Gasteiger partial charge in [0.05, 0.1) is 12.2 Å². The Hall–Kier alpha value is -2.29. The first-order valence-electron chi connectivity index (χ1n) is 18.2. The van der Waals surface area contributed by atoms with Crippen LogP contribution < -0.4 is 9.47 Å². The molecular formula is C40H60O3. The molecule has 0 N–H and O–H groups in total. The number of benzene rings is 2. The van der Waals surface area contributed by atoms with E-state index in [0.29, 0.717) is 11.3 Å². The summed E-state index contributed by atoms with van der Waals surface area (Å²) in [6.45, 7) is 5.34. The molecule has 0 spiro atoms. The van der Waals surface area contributed by atoms with Crippen LogP contribution in [0.2, 0.25) is 0 Å². The van der Waals surface area contributed by atoms with E-state index in [1.165, 1.54) is 121 Å². The number of unbranched alkanes of at least 4 members (excludes halogenated alkanes) is 4. The van der Waals surface area contributed by atoms with Crippen molar-refractivity contribution in [3.8, 4) is 11.5 Å². The first kappa shape index (κ1) is 33.6. The van der Waals surface area contributed by atoms with E-state index in [-0.39, 0.29) is 5.97 Å². The molecule has 0 aromatic heterocycles. The van der Waals surface area contributed by atoms with Gasteiger partial charge < -0.3 is 9.47 Å². The normalized spacial score (nSPS) is 22.3. The van der Waals surface area contributed by atoms with E-state index in [4.69, 9.17) is 9.47 Å². The molecule has 0 bridgehead atoms. The van der Waals surface area contributed by atoms with Crippen LogP contribution in [0.5, 0.6) is 11.5 Å². The smallest absolute Gasteiger partial charge is 0.343 e. The predicted molar refractivity (Wildman–Crippen MR) is 180 cm³/mol. The Morgan fingerprint density at radius 1 is 0.581 bits per heavy atom. The molecule has 2 aliphatic rings. The van der Waals surface area contributed by atoms with Crippen molar-refractivity contribution in [1.29, 1.82) is 0 Å². The van der Waals surface area contributed by atoms with Crippen molar-refractivity contribution in [1.82, 2.24) is 0 Å². The number of carbonyl (C=O) groups excluding carboxylic acids is 1. The summed E-state index contributed by atoms with van der Waals surface area (Å²) in [5, 5.41) is 0. The second-order valence-corrected chi connectivity index (χ2v) is 13.9. The quantitative estimate of drug-likeness (QED) is 0.0987. The van der Waals surface area contributed by atoms with Crippen molar-refractivity contribution in [3.63, 3.8) is 0 Å². The molecule has 43 heavy (non-hydrogen) atoms. The summed E-state index contributed by atoms with van der Waals surface area (Å²) >= 11 is 0. The molecule has 2 saturated carbocycles. The van der Waals surface area contributed by atoms with Gasteiger partial charge in [0.1, 0.15) is 11.5 Å².